The summed E-state index contributed by atoms with van der Waals surface area (Å²) in [4.78, 5) is -1.30. The van der Waals surface area contributed by atoms with Crippen molar-refractivity contribution in [3.63, 3.8) is 0 Å². The van der Waals surface area contributed by atoms with Crippen LogP contribution < -0.4 is 34.3 Å². The van der Waals surface area contributed by atoms with Crippen LogP contribution in [0.4, 0.5) is 83.4 Å². The second-order valence-electron chi connectivity index (χ2n) is 7.12. The van der Waals surface area contributed by atoms with Crippen LogP contribution in [0.15, 0.2) is 40.8 Å². The Morgan fingerprint density at radius 1 is 0.585 bits per heavy atom. The van der Waals surface area contributed by atoms with Gasteiger partial charge in [0, 0.05) is 0 Å². The molecular weight excluding hydrogens is 672 g/mol. The maximum Gasteiger partial charge on any atom is 1.00 e. The summed E-state index contributed by atoms with van der Waals surface area (Å²) in [5.41, 5.74) is 0. The van der Waals surface area contributed by atoms with Crippen molar-refractivity contribution in [1.29, 1.82) is 0 Å². The van der Waals surface area contributed by atoms with Crippen molar-refractivity contribution in [3.05, 3.63) is 35.9 Å². The molecule has 232 valence electrons. The Morgan fingerprint density at radius 3 is 1.20 bits per heavy atom. The van der Waals surface area contributed by atoms with E-state index in [-0.39, 0.29) is 53.8 Å². The molecule has 25 heteroatoms. The Hall–Kier alpha value is -1.66. The van der Waals surface area contributed by atoms with Crippen LogP contribution in [0, 0.1) is 0 Å². The van der Waals surface area contributed by atoms with Gasteiger partial charge in [-0.2, -0.15) is 74.6 Å². The van der Waals surface area contributed by atoms with E-state index in [2.05, 4.69) is 4.74 Å². The molecule has 0 saturated heterocycles. The number of allylic oxidation sites excluding steroid dienone is 2. The zero-order valence-electron chi connectivity index (χ0n) is 18.5. The van der Waals surface area contributed by atoms with Crippen LogP contribution in [0.2, 0.25) is 0 Å². The molecule has 0 aliphatic carbocycles. The number of rotatable bonds is 10. The minimum atomic E-state index is -8.32. The molecule has 0 aliphatic heterocycles. The van der Waals surface area contributed by atoms with E-state index in [9.17, 15) is 96.4 Å². The van der Waals surface area contributed by atoms with Crippen LogP contribution in [0.1, 0.15) is 0 Å². The third-order valence-corrected chi connectivity index (χ3v) is 5.25. The second-order valence-corrected chi connectivity index (χ2v) is 8.50. The number of hydrogen-bond donors (Lipinski definition) is 0. The molecule has 0 spiro atoms. The molecule has 4 nitrogen and oxygen atoms in total. The number of benzene rings is 1. The maximum absolute atomic E-state index is 13.8. The summed E-state index contributed by atoms with van der Waals surface area (Å²) >= 11 is 0. The van der Waals surface area contributed by atoms with Crippen LogP contribution in [0.3, 0.4) is 0 Å². The van der Waals surface area contributed by atoms with Crippen LogP contribution in [0.25, 0.3) is 0 Å². The van der Waals surface area contributed by atoms with E-state index >= 15 is 0 Å². The van der Waals surface area contributed by atoms with Crippen molar-refractivity contribution in [2.24, 2.45) is 0 Å². The average molecular weight is 676 g/mol. The molecule has 1 aromatic carbocycles. The molecule has 0 saturated carbocycles. The van der Waals surface area contributed by atoms with Crippen molar-refractivity contribution < 1.29 is 131 Å². The zero-order valence-corrected chi connectivity index (χ0v) is 21.3. The molecule has 1 rings (SSSR count). The average Bonchev–Trinajstić information content (AvgIpc) is 2.75. The quantitative estimate of drug-likeness (QED) is 0.213. The summed E-state index contributed by atoms with van der Waals surface area (Å²) in [5.74, 6) is -62.0. The molecule has 0 aliphatic rings. The molecular formula is C16H4F19NaO4S. The van der Waals surface area contributed by atoms with Gasteiger partial charge in [0.1, 0.15) is 15.9 Å². The first-order valence-corrected chi connectivity index (χ1v) is 10.2. The first-order chi connectivity index (χ1) is 17.2. The Balaban J connectivity index is 0.0000160. The third-order valence-electron chi connectivity index (χ3n) is 4.40. The largest absolute Gasteiger partial charge is 1.00 e. The maximum atomic E-state index is 13.8. The summed E-state index contributed by atoms with van der Waals surface area (Å²) in [6, 6.07) is -0.325. The summed E-state index contributed by atoms with van der Waals surface area (Å²) in [6.07, 6.45) is -14.9. The van der Waals surface area contributed by atoms with Crippen molar-refractivity contribution in [3.8, 4) is 5.75 Å². The van der Waals surface area contributed by atoms with Crippen molar-refractivity contribution >= 4 is 10.1 Å². The van der Waals surface area contributed by atoms with Gasteiger partial charge in [0.05, 0.1) is 4.90 Å². The number of ether oxygens (including phenoxy) is 1. The monoisotopic (exact) mass is 676 g/mol. The minimum Gasteiger partial charge on any atom is -0.744 e. The number of halogens is 19. The number of alkyl halides is 17. The van der Waals surface area contributed by atoms with E-state index < -0.39 is 80.2 Å². The predicted octanol–water partition coefficient (Wildman–Crippen LogP) is 4.09. The molecule has 0 amide bonds. The van der Waals surface area contributed by atoms with Gasteiger partial charge in [-0.1, -0.05) is 0 Å². The Labute approximate surface area is 235 Å². The van der Waals surface area contributed by atoms with Crippen LogP contribution in [-0.2, 0) is 10.1 Å². The molecule has 0 heterocycles. The minimum absolute atomic E-state index is 0. The zero-order chi connectivity index (χ0) is 32.3. The van der Waals surface area contributed by atoms with E-state index in [4.69, 9.17) is 0 Å². The Bertz CT molecular complexity index is 1240. The molecule has 0 aromatic heterocycles. The topological polar surface area (TPSA) is 66.4 Å². The molecule has 41 heavy (non-hydrogen) atoms. The van der Waals surface area contributed by atoms with Gasteiger partial charge in [-0.25, -0.2) is 17.2 Å². The van der Waals surface area contributed by atoms with Gasteiger partial charge >= 0.3 is 77.4 Å². The van der Waals surface area contributed by atoms with Crippen molar-refractivity contribution in [2.75, 3.05) is 0 Å². The fourth-order valence-electron chi connectivity index (χ4n) is 2.19. The van der Waals surface area contributed by atoms with Gasteiger partial charge in [0.2, 0.25) is 11.7 Å². The van der Waals surface area contributed by atoms with Gasteiger partial charge in [-0.3, -0.25) is 0 Å². The molecule has 0 unspecified atom stereocenters. The van der Waals surface area contributed by atoms with Crippen LogP contribution in [-0.4, -0.2) is 60.8 Å². The fourth-order valence-corrected chi connectivity index (χ4v) is 2.66. The molecule has 0 atom stereocenters. The molecule has 1 aromatic rings. The normalized spacial score (nSPS) is 15.7. The van der Waals surface area contributed by atoms with E-state index in [1.54, 1.807) is 0 Å². The number of hydrogen-bond acceptors (Lipinski definition) is 4. The Morgan fingerprint density at radius 2 is 0.902 bits per heavy atom. The smallest absolute Gasteiger partial charge is 0.744 e. The summed E-state index contributed by atoms with van der Waals surface area (Å²) < 4.78 is 286. The molecule has 0 N–H and O–H groups in total. The molecule has 0 bridgehead atoms. The predicted molar refractivity (Wildman–Crippen MR) is 85.0 cm³/mol. The van der Waals surface area contributed by atoms with Gasteiger partial charge < -0.3 is 9.29 Å². The Kier molecular flexibility index (Phi) is 10.7. The van der Waals surface area contributed by atoms with Crippen molar-refractivity contribution in [2.45, 2.75) is 52.7 Å². The third kappa shape index (κ3) is 6.34. The summed E-state index contributed by atoms with van der Waals surface area (Å²) in [6.45, 7) is 0. The van der Waals surface area contributed by atoms with Gasteiger partial charge in [0.25, 0.3) is 0 Å². The standard InChI is InChI=1S/C16H5F19O4S.Na/c17-7(9(19,20)11(23,24)13(27,28)15(31,32)33)8(18)10(21,22)12(25,26)14(29,30)16(34,35)39-5-1-3-6(4-2-5)40(36,37)38;/h1-4H,(H,36,37,38);/q;+1/p-1/b8-7+;. The van der Waals surface area contributed by atoms with Crippen molar-refractivity contribution in [1.82, 2.24) is 0 Å². The van der Waals surface area contributed by atoms with Gasteiger partial charge in [-0.05, 0) is 24.3 Å². The molecule has 0 radical (unpaired) electrons. The van der Waals surface area contributed by atoms with Gasteiger partial charge in [-0.15, -0.1) is 0 Å². The van der Waals surface area contributed by atoms with E-state index in [1.165, 1.54) is 0 Å². The first-order valence-electron chi connectivity index (χ1n) is 8.77. The van der Waals surface area contributed by atoms with Gasteiger partial charge in [0.15, 0.2) is 0 Å². The van der Waals surface area contributed by atoms with Crippen LogP contribution in [0.5, 0.6) is 5.75 Å². The summed E-state index contributed by atoms with van der Waals surface area (Å²) in [7, 11) is -5.36. The molecule has 0 fully saturated rings. The first kappa shape index (κ1) is 39.3. The van der Waals surface area contributed by atoms with E-state index in [0.717, 1.165) is 0 Å². The SMILES string of the molecule is O=S(=O)([O-])c1ccc(OC(F)(F)C(F)(F)C(F)(F)C(F)(F)/C(F)=C(\F)C(F)(F)C(F)(F)C(F)(F)C(F)(F)F)cc1.[Na+]. The fraction of sp³-hybridized carbons (Fsp3) is 0.500. The second kappa shape index (κ2) is 11.1. The summed E-state index contributed by atoms with van der Waals surface area (Å²) in [5, 5.41) is 0. The van der Waals surface area contributed by atoms with E-state index in [0.29, 0.717) is 0 Å². The van der Waals surface area contributed by atoms with E-state index in [1.807, 2.05) is 0 Å². The van der Waals surface area contributed by atoms with Crippen LogP contribution >= 0.6 is 0 Å².